The average Bonchev–Trinajstić information content (AvgIpc) is 3.25. The lowest BCUT2D eigenvalue weighted by Crippen LogP contribution is -2.39. The summed E-state index contributed by atoms with van der Waals surface area (Å²) in [4.78, 5) is 25.4. The van der Waals surface area contributed by atoms with Crippen molar-refractivity contribution in [3.63, 3.8) is 0 Å². The number of carbonyl (C=O) groups is 2. The van der Waals surface area contributed by atoms with Gasteiger partial charge < -0.3 is 19.3 Å². The second-order valence-corrected chi connectivity index (χ2v) is 6.51. The third-order valence-electron chi connectivity index (χ3n) is 4.71. The minimum absolute atomic E-state index is 0.100. The van der Waals surface area contributed by atoms with E-state index in [4.69, 9.17) is 14.2 Å². The molecule has 1 aliphatic heterocycles. The van der Waals surface area contributed by atoms with Gasteiger partial charge in [0, 0.05) is 5.56 Å². The summed E-state index contributed by atoms with van der Waals surface area (Å²) in [7, 11) is 0. The van der Waals surface area contributed by atoms with Gasteiger partial charge in [0.25, 0.3) is 0 Å². The molecule has 6 heteroatoms. The average molecular weight is 390 g/mol. The van der Waals surface area contributed by atoms with Gasteiger partial charge in [-0.25, -0.2) is 4.79 Å². The molecule has 0 saturated heterocycles. The van der Waals surface area contributed by atoms with Crippen LogP contribution >= 0.6 is 0 Å². The van der Waals surface area contributed by atoms with Gasteiger partial charge in [-0.15, -0.1) is 0 Å². The van der Waals surface area contributed by atoms with Gasteiger partial charge in [-0.3, -0.25) is 4.79 Å². The minimum atomic E-state index is -2.03. The summed E-state index contributed by atoms with van der Waals surface area (Å²) in [5.74, 6) is -0.322. The first-order valence-electron chi connectivity index (χ1n) is 9.02. The predicted molar refractivity (Wildman–Crippen MR) is 104 cm³/mol. The Kier molecular flexibility index (Phi) is 5.01. The number of hydrogen-bond donors (Lipinski definition) is 1. The zero-order valence-electron chi connectivity index (χ0n) is 15.4. The molecule has 0 aromatic heterocycles. The van der Waals surface area contributed by atoms with E-state index in [2.05, 4.69) is 0 Å². The van der Waals surface area contributed by atoms with Crippen LogP contribution in [0.1, 0.15) is 21.5 Å². The third-order valence-corrected chi connectivity index (χ3v) is 4.71. The summed E-state index contributed by atoms with van der Waals surface area (Å²) in [6.45, 7) is -0.413. The SMILES string of the molecule is O=C(COC(=O)C(O)(c1ccccc1)c1ccccc1)c1ccc2c(c1)OCO2. The van der Waals surface area contributed by atoms with E-state index in [1.807, 2.05) is 0 Å². The molecule has 146 valence electrons. The van der Waals surface area contributed by atoms with Crippen LogP contribution in [0, 0.1) is 0 Å². The van der Waals surface area contributed by atoms with E-state index in [9.17, 15) is 14.7 Å². The molecule has 3 aromatic carbocycles. The van der Waals surface area contributed by atoms with E-state index in [0.29, 0.717) is 28.2 Å². The first-order chi connectivity index (χ1) is 14.1. The molecule has 0 spiro atoms. The number of benzene rings is 3. The molecule has 6 nitrogen and oxygen atoms in total. The summed E-state index contributed by atoms with van der Waals surface area (Å²) in [5, 5.41) is 11.3. The predicted octanol–water partition coefficient (Wildman–Crippen LogP) is 3.08. The summed E-state index contributed by atoms with van der Waals surface area (Å²) in [6.07, 6.45) is 0. The van der Waals surface area contributed by atoms with E-state index < -0.39 is 24.0 Å². The van der Waals surface area contributed by atoms with Crippen molar-refractivity contribution in [1.82, 2.24) is 0 Å². The maximum atomic E-state index is 12.9. The molecule has 4 rings (SSSR count). The van der Waals surface area contributed by atoms with Crippen LogP contribution < -0.4 is 9.47 Å². The Morgan fingerprint density at radius 3 is 2.07 bits per heavy atom. The highest BCUT2D eigenvalue weighted by Crippen LogP contribution is 2.33. The number of fused-ring (bicyclic) bond motifs is 1. The Balaban J connectivity index is 1.55. The first-order valence-corrected chi connectivity index (χ1v) is 9.02. The van der Waals surface area contributed by atoms with Gasteiger partial charge in [0.1, 0.15) is 0 Å². The number of ketones is 1. The second kappa shape index (κ2) is 7.77. The molecule has 1 N–H and O–H groups in total. The highest BCUT2D eigenvalue weighted by atomic mass is 16.7. The molecule has 0 radical (unpaired) electrons. The number of rotatable bonds is 6. The van der Waals surface area contributed by atoms with Crippen LogP contribution in [0.15, 0.2) is 78.9 Å². The number of esters is 1. The van der Waals surface area contributed by atoms with Crippen molar-refractivity contribution in [3.05, 3.63) is 95.6 Å². The quantitative estimate of drug-likeness (QED) is 0.515. The number of hydrogen-bond acceptors (Lipinski definition) is 6. The summed E-state index contributed by atoms with van der Waals surface area (Å²) >= 11 is 0. The second-order valence-electron chi connectivity index (χ2n) is 6.51. The molecule has 0 saturated carbocycles. The Morgan fingerprint density at radius 2 is 1.45 bits per heavy atom. The number of Topliss-reactive ketones (excluding diaryl/α,β-unsaturated/α-hetero) is 1. The smallest absolute Gasteiger partial charge is 0.348 e. The lowest BCUT2D eigenvalue weighted by molar-refractivity contribution is -0.160. The largest absolute Gasteiger partial charge is 0.455 e. The van der Waals surface area contributed by atoms with Gasteiger partial charge in [-0.2, -0.15) is 0 Å². The van der Waals surface area contributed by atoms with Crippen LogP contribution in [0.5, 0.6) is 11.5 Å². The Morgan fingerprint density at radius 1 is 0.862 bits per heavy atom. The van der Waals surface area contributed by atoms with Crippen LogP contribution in [0.4, 0.5) is 0 Å². The van der Waals surface area contributed by atoms with Crippen molar-refractivity contribution in [3.8, 4) is 11.5 Å². The molecule has 0 bridgehead atoms. The zero-order chi connectivity index (χ0) is 20.3. The van der Waals surface area contributed by atoms with Crippen molar-refractivity contribution < 1.29 is 28.9 Å². The molecule has 29 heavy (non-hydrogen) atoms. The molecule has 0 atom stereocenters. The van der Waals surface area contributed by atoms with Gasteiger partial charge in [-0.05, 0) is 29.3 Å². The van der Waals surface area contributed by atoms with E-state index >= 15 is 0 Å². The van der Waals surface area contributed by atoms with E-state index in [1.54, 1.807) is 78.9 Å². The van der Waals surface area contributed by atoms with Crippen LogP contribution in [-0.4, -0.2) is 30.3 Å². The topological polar surface area (TPSA) is 82.1 Å². The third kappa shape index (κ3) is 3.58. The molecule has 3 aromatic rings. The molecule has 0 unspecified atom stereocenters. The summed E-state index contributed by atoms with van der Waals surface area (Å²) in [5.41, 5.74) is -0.999. The molecular weight excluding hydrogens is 372 g/mol. The lowest BCUT2D eigenvalue weighted by Gasteiger charge is -2.26. The monoisotopic (exact) mass is 390 g/mol. The number of aliphatic hydroxyl groups is 1. The lowest BCUT2D eigenvalue weighted by atomic mass is 9.86. The highest BCUT2D eigenvalue weighted by Gasteiger charge is 2.41. The summed E-state index contributed by atoms with van der Waals surface area (Å²) < 4.78 is 15.7. The van der Waals surface area contributed by atoms with Gasteiger partial charge >= 0.3 is 5.97 Å². The van der Waals surface area contributed by atoms with Crippen molar-refractivity contribution in [2.24, 2.45) is 0 Å². The van der Waals surface area contributed by atoms with Gasteiger partial charge in [-0.1, -0.05) is 60.7 Å². The fraction of sp³-hybridized carbons (Fsp3) is 0.130. The zero-order valence-corrected chi connectivity index (χ0v) is 15.4. The Labute approximate surface area is 167 Å². The van der Waals surface area contributed by atoms with E-state index in [-0.39, 0.29) is 6.79 Å². The van der Waals surface area contributed by atoms with Gasteiger partial charge in [0.15, 0.2) is 23.9 Å². The molecule has 0 fully saturated rings. The van der Waals surface area contributed by atoms with Crippen molar-refractivity contribution >= 4 is 11.8 Å². The first kappa shape index (κ1) is 18.7. The maximum Gasteiger partial charge on any atom is 0.348 e. The van der Waals surface area contributed by atoms with E-state index in [0.717, 1.165) is 0 Å². The van der Waals surface area contributed by atoms with Gasteiger partial charge in [0.05, 0.1) is 0 Å². The number of carbonyl (C=O) groups excluding carboxylic acids is 2. The van der Waals surface area contributed by atoms with Crippen molar-refractivity contribution in [1.29, 1.82) is 0 Å². The standard InChI is InChI=1S/C23H18O6/c24-19(16-11-12-20-21(13-16)29-15-28-20)14-27-22(25)23(26,17-7-3-1-4-8-17)18-9-5-2-6-10-18/h1-13,26H,14-15H2. The summed E-state index contributed by atoms with van der Waals surface area (Å²) in [6, 6.07) is 21.7. The highest BCUT2D eigenvalue weighted by molar-refractivity contribution is 5.99. The maximum absolute atomic E-state index is 12.9. The fourth-order valence-electron chi connectivity index (χ4n) is 3.15. The fourth-order valence-corrected chi connectivity index (χ4v) is 3.15. The van der Waals surface area contributed by atoms with Crippen LogP contribution in [-0.2, 0) is 15.1 Å². The van der Waals surface area contributed by atoms with Crippen LogP contribution in [0.3, 0.4) is 0 Å². The van der Waals surface area contributed by atoms with Crippen molar-refractivity contribution in [2.75, 3.05) is 13.4 Å². The van der Waals surface area contributed by atoms with Crippen LogP contribution in [0.25, 0.3) is 0 Å². The van der Waals surface area contributed by atoms with Gasteiger partial charge in [0.2, 0.25) is 12.4 Å². The van der Waals surface area contributed by atoms with Crippen molar-refractivity contribution in [2.45, 2.75) is 5.60 Å². The number of ether oxygens (including phenoxy) is 3. The Hall–Kier alpha value is -3.64. The normalized spacial score (nSPS) is 12.4. The minimum Gasteiger partial charge on any atom is -0.455 e. The van der Waals surface area contributed by atoms with E-state index in [1.165, 1.54) is 0 Å². The Bertz CT molecular complexity index is 990. The molecule has 1 aliphatic rings. The molecule has 0 amide bonds. The van der Waals surface area contributed by atoms with Crippen LogP contribution in [0.2, 0.25) is 0 Å². The molecule has 0 aliphatic carbocycles. The molecule has 1 heterocycles. The molecular formula is C23H18O6.